The second-order valence-corrected chi connectivity index (χ2v) is 15.2. The molecule has 2 aliphatic heterocycles. The van der Waals surface area contributed by atoms with Crippen LogP contribution in [0.4, 0.5) is 0 Å². The molecule has 10 nitrogen and oxygen atoms in total. The van der Waals surface area contributed by atoms with Crippen LogP contribution in [-0.4, -0.2) is 62.4 Å². The van der Waals surface area contributed by atoms with Gasteiger partial charge in [0.05, 0.1) is 12.2 Å². The zero-order valence-electron chi connectivity index (χ0n) is 25.2. The van der Waals surface area contributed by atoms with Crippen LogP contribution >= 0.6 is 0 Å². The second kappa shape index (κ2) is 9.16. The van der Waals surface area contributed by atoms with Crippen molar-refractivity contribution in [3.8, 4) is 0 Å². The maximum atomic E-state index is 13.2. The predicted molar refractivity (Wildman–Crippen MR) is 150 cm³/mol. The molecule has 0 aromatic rings. The normalized spacial score (nSPS) is 52.7. The molecular weight excluding hydrogens is 536 g/mol. The molecule has 0 radical (unpaired) electrons. The van der Waals surface area contributed by atoms with Crippen LogP contribution < -0.4 is 21.3 Å². The summed E-state index contributed by atoms with van der Waals surface area (Å²) in [5, 5.41) is 11.9. The molecule has 0 aromatic carbocycles. The summed E-state index contributed by atoms with van der Waals surface area (Å²) in [5.41, 5.74) is -0.304. The molecule has 2 heterocycles. The second-order valence-electron chi connectivity index (χ2n) is 15.2. The highest BCUT2D eigenvalue weighted by Gasteiger charge is 2.87. The van der Waals surface area contributed by atoms with E-state index in [0.29, 0.717) is 59.2 Å². The van der Waals surface area contributed by atoms with Crippen LogP contribution in [0, 0.1) is 70.0 Å². The molecule has 6 aliphatic carbocycles. The van der Waals surface area contributed by atoms with E-state index >= 15 is 0 Å². The summed E-state index contributed by atoms with van der Waals surface area (Å²) in [6.07, 6.45) is 4.56. The number of hydrogen-bond donors (Lipinski definition) is 4. The van der Waals surface area contributed by atoms with Gasteiger partial charge in [-0.2, -0.15) is 0 Å². The lowest BCUT2D eigenvalue weighted by Gasteiger charge is -2.53. The summed E-state index contributed by atoms with van der Waals surface area (Å²) in [7, 11) is 3.20. The van der Waals surface area contributed by atoms with Crippen molar-refractivity contribution in [3.05, 3.63) is 0 Å². The molecular formula is C32H46N4O6. The van der Waals surface area contributed by atoms with E-state index in [1.54, 1.807) is 14.1 Å². The van der Waals surface area contributed by atoms with Gasteiger partial charge in [0.1, 0.15) is 12.5 Å². The Hall–Kier alpha value is -2.20. The first-order valence-electron chi connectivity index (χ1n) is 16.4. The van der Waals surface area contributed by atoms with Gasteiger partial charge >= 0.3 is 0 Å². The van der Waals surface area contributed by atoms with Gasteiger partial charge in [-0.25, -0.2) is 0 Å². The Morgan fingerprint density at radius 1 is 0.571 bits per heavy atom. The number of rotatable bonds is 8. The van der Waals surface area contributed by atoms with Crippen molar-refractivity contribution in [1.82, 2.24) is 21.3 Å². The minimum atomic E-state index is -0.333. The number of carbonyl (C=O) groups is 4. The van der Waals surface area contributed by atoms with Crippen molar-refractivity contribution >= 4 is 23.6 Å². The highest BCUT2D eigenvalue weighted by atomic mass is 16.5. The topological polar surface area (TPSA) is 135 Å². The van der Waals surface area contributed by atoms with Crippen LogP contribution in [0.5, 0.6) is 0 Å². The molecule has 0 bridgehead atoms. The summed E-state index contributed by atoms with van der Waals surface area (Å²) < 4.78 is 13.9. The Morgan fingerprint density at radius 3 is 1.33 bits per heavy atom. The average Bonchev–Trinajstić information content (AvgIpc) is 3.77. The predicted octanol–water partition coefficient (Wildman–Crippen LogP) is 1.54. The fourth-order valence-corrected chi connectivity index (χ4v) is 13.4. The molecule has 2 saturated heterocycles. The van der Waals surface area contributed by atoms with E-state index in [2.05, 4.69) is 35.1 Å². The van der Waals surface area contributed by atoms with Crippen LogP contribution in [0.3, 0.4) is 0 Å². The number of nitrogens with one attached hydrogen (secondary N) is 4. The van der Waals surface area contributed by atoms with Crippen LogP contribution in [-0.2, 0) is 28.7 Å². The molecule has 4 N–H and O–H groups in total. The summed E-state index contributed by atoms with van der Waals surface area (Å²) in [4.78, 5) is 50.1. The van der Waals surface area contributed by atoms with Crippen LogP contribution in [0.15, 0.2) is 0 Å². The molecule has 10 heteroatoms. The first kappa shape index (κ1) is 27.4. The van der Waals surface area contributed by atoms with Gasteiger partial charge in [-0.1, -0.05) is 13.8 Å². The molecule has 0 unspecified atom stereocenters. The Bertz CT molecular complexity index is 1140. The van der Waals surface area contributed by atoms with Crippen molar-refractivity contribution in [1.29, 1.82) is 0 Å². The van der Waals surface area contributed by atoms with Gasteiger partial charge in [-0.3, -0.25) is 19.2 Å². The Kier molecular flexibility index (Phi) is 5.97. The number of fused-ring (bicyclic) bond motifs is 4. The largest absolute Gasteiger partial charge is 0.359 e. The minimum absolute atomic E-state index is 0.100. The molecule has 8 fully saturated rings. The molecule has 42 heavy (non-hydrogen) atoms. The number of carbonyl (C=O) groups excluding carboxylic acids is 4. The molecule has 6 saturated carbocycles. The van der Waals surface area contributed by atoms with E-state index in [1.807, 2.05) is 0 Å². The summed E-state index contributed by atoms with van der Waals surface area (Å²) in [6, 6.07) is 0. The van der Waals surface area contributed by atoms with Gasteiger partial charge in [0.2, 0.25) is 23.6 Å². The molecule has 8 aliphatic rings. The molecule has 8 rings (SSSR count). The fourth-order valence-electron chi connectivity index (χ4n) is 13.4. The van der Waals surface area contributed by atoms with Gasteiger partial charge in [0.15, 0.2) is 0 Å². The first-order valence-corrected chi connectivity index (χ1v) is 16.4. The van der Waals surface area contributed by atoms with E-state index in [1.165, 1.54) is 0 Å². The monoisotopic (exact) mass is 582 g/mol. The van der Waals surface area contributed by atoms with Crippen LogP contribution in [0.25, 0.3) is 0 Å². The van der Waals surface area contributed by atoms with Gasteiger partial charge in [-0.15, -0.1) is 0 Å². The van der Waals surface area contributed by atoms with Gasteiger partial charge in [0, 0.05) is 50.6 Å². The fraction of sp³-hybridized carbons (Fsp3) is 0.875. The van der Waals surface area contributed by atoms with E-state index in [9.17, 15) is 19.2 Å². The Balaban J connectivity index is 1.14. The number of hydrogen-bond acceptors (Lipinski definition) is 6. The van der Waals surface area contributed by atoms with Crippen molar-refractivity contribution in [3.63, 3.8) is 0 Å². The molecule has 16 atom stereocenters. The minimum Gasteiger partial charge on any atom is -0.359 e. The number of amides is 4. The smallest absolute Gasteiger partial charge is 0.222 e. The van der Waals surface area contributed by atoms with E-state index in [0.717, 1.165) is 25.7 Å². The van der Waals surface area contributed by atoms with Gasteiger partial charge in [-0.05, 0) is 84.9 Å². The lowest BCUT2D eigenvalue weighted by atomic mass is 9.60. The molecule has 230 valence electrons. The molecule has 0 spiro atoms. The zero-order valence-corrected chi connectivity index (χ0v) is 25.2. The van der Waals surface area contributed by atoms with Crippen molar-refractivity contribution < 1.29 is 28.7 Å². The van der Waals surface area contributed by atoms with E-state index in [-0.39, 0.29) is 84.8 Å². The summed E-state index contributed by atoms with van der Waals surface area (Å²) in [6.45, 7) is 4.86. The Labute approximate surface area is 247 Å². The van der Waals surface area contributed by atoms with Crippen LogP contribution in [0.1, 0.15) is 65.2 Å². The van der Waals surface area contributed by atoms with Crippen molar-refractivity contribution in [2.24, 2.45) is 70.0 Å². The maximum absolute atomic E-state index is 13.2. The van der Waals surface area contributed by atoms with E-state index in [4.69, 9.17) is 9.47 Å². The maximum Gasteiger partial charge on any atom is 0.222 e. The van der Waals surface area contributed by atoms with E-state index < -0.39 is 0 Å². The van der Waals surface area contributed by atoms with Crippen LogP contribution in [0.2, 0.25) is 0 Å². The van der Waals surface area contributed by atoms with Gasteiger partial charge in [0.25, 0.3) is 0 Å². The SMILES string of the molecule is CNC(=O)CCC(=O)N[C@H]1O[C@@H]2CC[C@@H]3[C@@H]2[C@@H]2[C@H]4[C@@H]5[C@H]6[C@H]7[C@@H](CC[C@H]7O[C@H](NC(=O)CCC(=O)NC)[C@@]6(C)[C@@H]34)[C@H]5[C@@]21C. The standard InChI is InChI=1S/C32H46N4O6/c1-31-25-13-5-7-16-22(13)28-23(25)24-26(32(28,2)30(42-16)36-20(40)12-10-18(38)34-4)14-6-8-15(21(14)27(24)31)41-29(31)35-19(39)11-9-17(37)33-3/h13-16,21-30H,5-12H2,1-4H3,(H,33,37)(H,34,38)(H,35,39)(H,36,40)/t13-,14-,15-,16-,21+,22+,23+,24+,25-,26+,27-,28-,29+,30+,31+,32+/m1/s1. The molecule has 0 aromatic heterocycles. The third-order valence-electron chi connectivity index (χ3n) is 14.2. The highest BCUT2D eigenvalue weighted by molar-refractivity contribution is 5.84. The zero-order chi connectivity index (χ0) is 29.3. The first-order chi connectivity index (χ1) is 20.1. The average molecular weight is 583 g/mol. The number of ether oxygens (including phenoxy) is 2. The lowest BCUT2D eigenvalue weighted by molar-refractivity contribution is -0.208. The lowest BCUT2D eigenvalue weighted by Crippen LogP contribution is -2.61. The van der Waals surface area contributed by atoms with Crippen molar-refractivity contribution in [2.75, 3.05) is 14.1 Å². The molecule has 4 amide bonds. The van der Waals surface area contributed by atoms with Gasteiger partial charge < -0.3 is 30.7 Å². The quantitative estimate of drug-likeness (QED) is 0.343. The summed E-state index contributed by atoms with van der Waals surface area (Å²) in [5.74, 6) is 4.58. The third-order valence-corrected chi connectivity index (χ3v) is 14.2. The Morgan fingerprint density at radius 2 is 0.952 bits per heavy atom. The highest BCUT2D eigenvalue weighted by Crippen LogP contribution is 2.87. The van der Waals surface area contributed by atoms with Crippen molar-refractivity contribution in [2.45, 2.75) is 89.9 Å². The third kappa shape index (κ3) is 3.23. The summed E-state index contributed by atoms with van der Waals surface area (Å²) >= 11 is 0.